The number of unbranched alkanes of at least 4 members (excludes halogenated alkanes) is 1. The first-order chi connectivity index (χ1) is 24.2. The van der Waals surface area contributed by atoms with E-state index >= 15 is 0 Å². The number of nitrogens with two attached hydrogens (primary N) is 2. The molecule has 3 aromatic rings. The summed E-state index contributed by atoms with van der Waals surface area (Å²) in [5, 5.41) is 20.6. The molecule has 14 heteroatoms. The number of pyridine rings is 1. The fraction of sp³-hybridized carbons (Fsp3) is 0.514. The van der Waals surface area contributed by atoms with Gasteiger partial charge in [0.25, 0.3) is 5.91 Å². The van der Waals surface area contributed by atoms with Crippen molar-refractivity contribution >= 4 is 51.3 Å². The highest BCUT2D eigenvalue weighted by Gasteiger charge is 2.28. The predicted octanol–water partition coefficient (Wildman–Crippen LogP) is 1.95. The van der Waals surface area contributed by atoms with Gasteiger partial charge in [-0.3, -0.25) is 29.6 Å². The van der Waals surface area contributed by atoms with Gasteiger partial charge >= 0.3 is 5.97 Å². The quantitative estimate of drug-likeness (QED) is 0.0484. The first-order valence-electron chi connectivity index (χ1n) is 17.6. The summed E-state index contributed by atoms with van der Waals surface area (Å²) in [6.07, 6.45) is 2.54. The Hall–Kier alpha value is -4.66. The van der Waals surface area contributed by atoms with E-state index in [0.29, 0.717) is 31.4 Å². The van der Waals surface area contributed by atoms with Crippen LogP contribution in [-0.4, -0.2) is 76.9 Å². The van der Waals surface area contributed by atoms with E-state index in [1.807, 2.05) is 77.1 Å². The number of hydrazine groups is 1. The van der Waals surface area contributed by atoms with E-state index in [9.17, 15) is 29.1 Å². The summed E-state index contributed by atoms with van der Waals surface area (Å²) in [7, 11) is 0. The maximum atomic E-state index is 13.4. The number of hydrogen-bond acceptors (Lipinski definition) is 9. The van der Waals surface area contributed by atoms with Crippen molar-refractivity contribution in [2.45, 2.75) is 97.3 Å². The third-order valence-electron chi connectivity index (χ3n) is 8.49. The second-order valence-electron chi connectivity index (χ2n) is 13.9. The first-order valence-corrected chi connectivity index (χ1v) is 17.6. The molecule has 278 valence electrons. The van der Waals surface area contributed by atoms with Crippen molar-refractivity contribution in [1.82, 2.24) is 31.8 Å². The van der Waals surface area contributed by atoms with Crippen LogP contribution in [0, 0.1) is 18.8 Å². The maximum Gasteiger partial charge on any atom is 0.326 e. The molecule has 1 aromatic heterocycles. The summed E-state index contributed by atoms with van der Waals surface area (Å²) in [5.41, 5.74) is 19.2. The normalized spacial score (nSPS) is 13.8. The first kappa shape index (κ1) is 40.8. The van der Waals surface area contributed by atoms with Gasteiger partial charge in [0.1, 0.15) is 18.1 Å². The Bertz CT molecular complexity index is 1680. The molecule has 0 saturated heterocycles. The van der Waals surface area contributed by atoms with Crippen LogP contribution < -0.4 is 38.3 Å². The van der Waals surface area contributed by atoms with Crippen molar-refractivity contribution in [3.05, 3.63) is 53.7 Å². The number of benzene rings is 2. The lowest BCUT2D eigenvalue weighted by Gasteiger charge is -2.25. The molecule has 0 unspecified atom stereocenters. The number of aromatic nitrogens is 1. The van der Waals surface area contributed by atoms with Gasteiger partial charge in [0.2, 0.25) is 17.7 Å². The number of para-hydroxylation sites is 1. The number of carboxylic acid groups (broad SMARTS) is 1. The van der Waals surface area contributed by atoms with Crippen LogP contribution in [0.15, 0.2) is 42.5 Å². The van der Waals surface area contributed by atoms with Crippen LogP contribution in [0.4, 0.5) is 0 Å². The summed E-state index contributed by atoms with van der Waals surface area (Å²) in [6.45, 7) is 9.55. The SMILES string of the molecule is Cc1nc2ccccc2c2cc(C[C@H](NC(=O)CNC(=O)[C@H](CC(C)C)NC(=O)[C@H](CC(C)C)NNC(=O)[C@@H](N)CCCCN)C(=O)O)ccc12. The fourth-order valence-corrected chi connectivity index (χ4v) is 5.84. The van der Waals surface area contributed by atoms with E-state index in [4.69, 9.17) is 11.5 Å². The molecule has 0 radical (unpaired) electrons. The van der Waals surface area contributed by atoms with Gasteiger partial charge in [0, 0.05) is 22.9 Å². The van der Waals surface area contributed by atoms with Gasteiger partial charge in [-0.2, -0.15) is 0 Å². The van der Waals surface area contributed by atoms with Crippen LogP contribution in [0.2, 0.25) is 0 Å². The molecule has 0 saturated carbocycles. The lowest BCUT2D eigenvalue weighted by atomic mass is 9.98. The third-order valence-corrected chi connectivity index (χ3v) is 8.49. The number of carbonyl (C=O) groups excluding carboxylic acids is 4. The van der Waals surface area contributed by atoms with E-state index in [-0.39, 0.29) is 24.7 Å². The van der Waals surface area contributed by atoms with Crippen molar-refractivity contribution in [3.8, 4) is 0 Å². The van der Waals surface area contributed by atoms with Crippen molar-refractivity contribution in [1.29, 1.82) is 0 Å². The van der Waals surface area contributed by atoms with Crippen molar-refractivity contribution in [2.24, 2.45) is 23.3 Å². The zero-order chi connectivity index (χ0) is 37.7. The number of aliphatic carboxylic acids is 1. The Morgan fingerprint density at radius 3 is 2.16 bits per heavy atom. The molecule has 0 aliphatic heterocycles. The van der Waals surface area contributed by atoms with E-state index in [1.165, 1.54) is 0 Å². The fourth-order valence-electron chi connectivity index (χ4n) is 5.84. The molecule has 10 N–H and O–H groups in total. The van der Waals surface area contributed by atoms with Gasteiger partial charge in [-0.25, -0.2) is 10.2 Å². The Labute approximate surface area is 299 Å². The standard InChI is InChI=1S/C37H54N8O6/c1-21(2)16-30(43-36(49)31(17-22(3)4)44-45-34(47)28(39)11-8-9-15-38)35(48)40-20-33(46)42-32(37(50)51)19-24-13-14-25-23(5)41-29-12-7-6-10-26(29)27(25)18-24/h6-7,10,12-14,18,21-22,28,30-32,44H,8-9,11,15-17,19-20,38-39H2,1-5H3,(H,40,48)(H,42,46)(H,43,49)(H,45,47)(H,50,51)/t28-,30-,31-,32-/m0/s1. The molecule has 0 bridgehead atoms. The second-order valence-corrected chi connectivity index (χ2v) is 13.9. The number of carbonyl (C=O) groups is 5. The molecule has 4 amide bonds. The Kier molecular flexibility index (Phi) is 15.7. The molecule has 0 aliphatic carbocycles. The molecule has 0 aliphatic rings. The monoisotopic (exact) mass is 706 g/mol. The summed E-state index contributed by atoms with van der Waals surface area (Å²) >= 11 is 0. The van der Waals surface area contributed by atoms with E-state index in [0.717, 1.165) is 33.8 Å². The molecular formula is C37H54N8O6. The number of amides is 4. The number of nitrogens with one attached hydrogen (secondary N) is 5. The van der Waals surface area contributed by atoms with Crippen LogP contribution in [0.1, 0.15) is 71.1 Å². The molecule has 4 atom stereocenters. The largest absolute Gasteiger partial charge is 0.480 e. The van der Waals surface area contributed by atoms with E-state index in [2.05, 4.69) is 31.8 Å². The zero-order valence-corrected chi connectivity index (χ0v) is 30.3. The molecule has 2 aromatic carbocycles. The van der Waals surface area contributed by atoms with Crippen LogP contribution in [0.5, 0.6) is 0 Å². The molecular weight excluding hydrogens is 652 g/mol. The van der Waals surface area contributed by atoms with Gasteiger partial charge < -0.3 is 32.5 Å². The maximum absolute atomic E-state index is 13.4. The van der Waals surface area contributed by atoms with Crippen molar-refractivity contribution in [2.75, 3.05) is 13.1 Å². The minimum atomic E-state index is -1.25. The molecule has 0 fully saturated rings. The predicted molar refractivity (Wildman–Crippen MR) is 197 cm³/mol. The van der Waals surface area contributed by atoms with Crippen LogP contribution in [-0.2, 0) is 30.4 Å². The van der Waals surface area contributed by atoms with E-state index < -0.39 is 60.3 Å². The third kappa shape index (κ3) is 12.6. The highest BCUT2D eigenvalue weighted by Crippen LogP contribution is 2.27. The summed E-state index contributed by atoms with van der Waals surface area (Å²) in [6, 6.07) is 9.48. The number of aryl methyl sites for hydroxylation is 1. The Morgan fingerprint density at radius 1 is 0.804 bits per heavy atom. The molecule has 14 nitrogen and oxygen atoms in total. The van der Waals surface area contributed by atoms with Gasteiger partial charge in [0.05, 0.1) is 18.1 Å². The summed E-state index contributed by atoms with van der Waals surface area (Å²) in [4.78, 5) is 68.9. The van der Waals surface area contributed by atoms with Gasteiger partial charge in [-0.05, 0) is 68.0 Å². The second kappa shape index (κ2) is 19.7. The van der Waals surface area contributed by atoms with Gasteiger partial charge in [-0.1, -0.05) is 70.5 Å². The number of carboxylic acids is 1. The average Bonchev–Trinajstić information content (AvgIpc) is 3.07. The van der Waals surface area contributed by atoms with Gasteiger partial charge in [0.15, 0.2) is 0 Å². The lowest BCUT2D eigenvalue weighted by Crippen LogP contribution is -2.58. The Morgan fingerprint density at radius 2 is 1.49 bits per heavy atom. The summed E-state index contributed by atoms with van der Waals surface area (Å²) < 4.78 is 0. The van der Waals surface area contributed by atoms with E-state index in [1.54, 1.807) is 0 Å². The number of hydrogen-bond donors (Lipinski definition) is 8. The topological polar surface area (TPSA) is 231 Å². The zero-order valence-electron chi connectivity index (χ0n) is 30.3. The highest BCUT2D eigenvalue weighted by atomic mass is 16.4. The van der Waals surface area contributed by atoms with Crippen LogP contribution >= 0.6 is 0 Å². The van der Waals surface area contributed by atoms with Crippen LogP contribution in [0.3, 0.4) is 0 Å². The minimum Gasteiger partial charge on any atom is -0.480 e. The Balaban J connectivity index is 1.63. The number of rotatable bonds is 20. The van der Waals surface area contributed by atoms with Crippen molar-refractivity contribution < 1.29 is 29.1 Å². The summed E-state index contributed by atoms with van der Waals surface area (Å²) in [5.74, 6) is -3.40. The van der Waals surface area contributed by atoms with Crippen LogP contribution in [0.25, 0.3) is 21.7 Å². The van der Waals surface area contributed by atoms with Gasteiger partial charge in [-0.15, -0.1) is 0 Å². The van der Waals surface area contributed by atoms with Crippen molar-refractivity contribution in [3.63, 3.8) is 0 Å². The average molecular weight is 707 g/mol. The molecule has 0 spiro atoms. The highest BCUT2D eigenvalue weighted by molar-refractivity contribution is 6.06. The molecule has 3 rings (SSSR count). The molecule has 1 heterocycles. The smallest absolute Gasteiger partial charge is 0.326 e. The number of nitrogens with zero attached hydrogens (tertiary/aromatic N) is 1. The molecule has 51 heavy (non-hydrogen) atoms. The lowest BCUT2D eigenvalue weighted by molar-refractivity contribution is -0.141. The minimum absolute atomic E-state index is 0.00707. The number of fused-ring (bicyclic) bond motifs is 3.